The van der Waals surface area contributed by atoms with E-state index in [2.05, 4.69) is 33.9 Å². The van der Waals surface area contributed by atoms with Crippen molar-refractivity contribution in [2.24, 2.45) is 0 Å². The number of hydrogen-bond acceptors (Lipinski definition) is 4. The zero-order valence-electron chi connectivity index (χ0n) is 9.40. The van der Waals surface area contributed by atoms with Crippen LogP contribution in [0, 0.1) is 3.57 Å². The van der Waals surface area contributed by atoms with Gasteiger partial charge in [-0.25, -0.2) is 4.98 Å². The maximum Gasteiger partial charge on any atom is 0.264 e. The molecule has 0 aromatic carbocycles. The summed E-state index contributed by atoms with van der Waals surface area (Å²) in [6.45, 7) is 2.96. The summed E-state index contributed by atoms with van der Waals surface area (Å²) in [6, 6.07) is 0.184. The second kappa shape index (κ2) is 4.80. The summed E-state index contributed by atoms with van der Waals surface area (Å²) in [6.07, 6.45) is 1.64. The lowest BCUT2D eigenvalue weighted by Gasteiger charge is -2.36. The Hall–Kier alpha value is -0.470. The van der Waals surface area contributed by atoms with Crippen LogP contribution in [-0.2, 0) is 0 Å². The van der Waals surface area contributed by atoms with Gasteiger partial charge in [0.1, 0.15) is 5.82 Å². The fourth-order valence-corrected chi connectivity index (χ4v) is 2.14. The standard InChI is InChI=1S/C10H15IN4O/c1-14-3-4-15(2)8(6-14)9-12-5-7(11)10(16)13-9/h5,8H,3-4,6H2,1-2H3,(H,12,13,16). The first-order valence-corrected chi connectivity index (χ1v) is 6.29. The molecule has 16 heavy (non-hydrogen) atoms. The molecule has 0 bridgehead atoms. The topological polar surface area (TPSA) is 52.2 Å². The molecule has 1 aromatic heterocycles. The van der Waals surface area contributed by atoms with E-state index in [1.807, 2.05) is 22.6 Å². The molecule has 5 nitrogen and oxygen atoms in total. The SMILES string of the molecule is CN1CCN(C)C(c2ncc(I)c(=O)[nH]2)C1. The molecule has 1 unspecified atom stereocenters. The Kier molecular flexibility index (Phi) is 3.60. The molecule has 2 heterocycles. The highest BCUT2D eigenvalue weighted by Gasteiger charge is 2.25. The molecule has 1 N–H and O–H groups in total. The summed E-state index contributed by atoms with van der Waals surface area (Å²) in [5.41, 5.74) is -0.0489. The van der Waals surface area contributed by atoms with Gasteiger partial charge in [-0.3, -0.25) is 9.69 Å². The lowest BCUT2D eigenvalue weighted by atomic mass is 10.2. The average Bonchev–Trinajstić information content (AvgIpc) is 2.26. The fraction of sp³-hybridized carbons (Fsp3) is 0.600. The number of piperazine rings is 1. The largest absolute Gasteiger partial charge is 0.308 e. The van der Waals surface area contributed by atoms with Crippen molar-refractivity contribution in [2.45, 2.75) is 6.04 Å². The average molecular weight is 334 g/mol. The first-order valence-electron chi connectivity index (χ1n) is 5.21. The van der Waals surface area contributed by atoms with Gasteiger partial charge in [0.15, 0.2) is 0 Å². The zero-order chi connectivity index (χ0) is 11.7. The second-order valence-electron chi connectivity index (χ2n) is 4.20. The molecule has 1 fully saturated rings. The van der Waals surface area contributed by atoms with Crippen LogP contribution in [0.4, 0.5) is 0 Å². The smallest absolute Gasteiger partial charge is 0.264 e. The van der Waals surface area contributed by atoms with Crippen molar-refractivity contribution in [2.75, 3.05) is 33.7 Å². The monoisotopic (exact) mass is 334 g/mol. The number of likely N-dealkylation sites (N-methyl/N-ethyl adjacent to an activating group) is 2. The molecular weight excluding hydrogens is 319 g/mol. The van der Waals surface area contributed by atoms with Crippen molar-refractivity contribution < 1.29 is 0 Å². The summed E-state index contributed by atoms with van der Waals surface area (Å²) in [7, 11) is 4.15. The van der Waals surface area contributed by atoms with Gasteiger partial charge in [0.25, 0.3) is 5.56 Å². The van der Waals surface area contributed by atoms with E-state index in [-0.39, 0.29) is 11.6 Å². The Morgan fingerprint density at radius 2 is 2.25 bits per heavy atom. The predicted octanol–water partition coefficient (Wildman–Crippen LogP) is 0.293. The molecule has 0 spiro atoms. The van der Waals surface area contributed by atoms with Crippen LogP contribution in [0.1, 0.15) is 11.9 Å². The number of H-pyrrole nitrogens is 1. The third-order valence-corrected chi connectivity index (χ3v) is 3.71. The maximum absolute atomic E-state index is 11.5. The molecule has 1 aliphatic heterocycles. The van der Waals surface area contributed by atoms with Crippen LogP contribution in [0.15, 0.2) is 11.0 Å². The minimum Gasteiger partial charge on any atom is -0.308 e. The molecule has 0 saturated carbocycles. The van der Waals surface area contributed by atoms with E-state index in [0.29, 0.717) is 3.57 Å². The number of hydrogen-bond donors (Lipinski definition) is 1. The van der Waals surface area contributed by atoms with Gasteiger partial charge in [0.2, 0.25) is 0 Å². The number of rotatable bonds is 1. The Morgan fingerprint density at radius 3 is 2.94 bits per heavy atom. The molecule has 1 saturated heterocycles. The third kappa shape index (κ3) is 2.44. The predicted molar refractivity (Wildman–Crippen MR) is 70.4 cm³/mol. The van der Waals surface area contributed by atoms with Crippen molar-refractivity contribution in [1.82, 2.24) is 19.8 Å². The quantitative estimate of drug-likeness (QED) is 0.751. The molecule has 1 aliphatic rings. The van der Waals surface area contributed by atoms with E-state index in [1.54, 1.807) is 6.20 Å². The summed E-state index contributed by atoms with van der Waals surface area (Å²) < 4.78 is 0.633. The maximum atomic E-state index is 11.5. The van der Waals surface area contributed by atoms with Crippen LogP contribution in [0.3, 0.4) is 0 Å². The highest BCUT2D eigenvalue weighted by atomic mass is 127. The minimum absolute atomic E-state index is 0.0489. The van der Waals surface area contributed by atoms with Crippen LogP contribution in [0.5, 0.6) is 0 Å². The molecule has 6 heteroatoms. The molecule has 1 atom stereocenters. The number of nitrogens with one attached hydrogen (secondary N) is 1. The second-order valence-corrected chi connectivity index (χ2v) is 5.37. The number of aromatic amines is 1. The van der Waals surface area contributed by atoms with Gasteiger partial charge < -0.3 is 9.88 Å². The number of nitrogens with zero attached hydrogens (tertiary/aromatic N) is 3. The van der Waals surface area contributed by atoms with E-state index in [0.717, 1.165) is 25.5 Å². The molecule has 0 radical (unpaired) electrons. The molecule has 2 rings (SSSR count). The molecular formula is C10H15IN4O. The lowest BCUT2D eigenvalue weighted by Crippen LogP contribution is -2.45. The van der Waals surface area contributed by atoms with Gasteiger partial charge in [0.05, 0.1) is 9.61 Å². The Morgan fingerprint density at radius 1 is 1.50 bits per heavy atom. The highest BCUT2D eigenvalue weighted by Crippen LogP contribution is 2.19. The van der Waals surface area contributed by atoms with Crippen molar-refractivity contribution in [3.8, 4) is 0 Å². The van der Waals surface area contributed by atoms with E-state index >= 15 is 0 Å². The van der Waals surface area contributed by atoms with Crippen molar-refractivity contribution in [3.63, 3.8) is 0 Å². The Bertz CT molecular complexity index is 433. The van der Waals surface area contributed by atoms with Gasteiger partial charge in [-0.05, 0) is 36.7 Å². The van der Waals surface area contributed by atoms with E-state index in [1.165, 1.54) is 0 Å². The lowest BCUT2D eigenvalue weighted by molar-refractivity contribution is 0.109. The van der Waals surface area contributed by atoms with Gasteiger partial charge in [-0.2, -0.15) is 0 Å². The van der Waals surface area contributed by atoms with Crippen molar-refractivity contribution >= 4 is 22.6 Å². The van der Waals surface area contributed by atoms with Gasteiger partial charge >= 0.3 is 0 Å². The van der Waals surface area contributed by atoms with Crippen molar-refractivity contribution in [1.29, 1.82) is 0 Å². The zero-order valence-corrected chi connectivity index (χ0v) is 11.6. The van der Waals surface area contributed by atoms with Crippen LogP contribution < -0.4 is 5.56 Å². The summed E-state index contributed by atoms with van der Waals surface area (Å²) in [4.78, 5) is 23.2. The summed E-state index contributed by atoms with van der Waals surface area (Å²) in [5, 5.41) is 0. The molecule has 88 valence electrons. The first-order chi connectivity index (χ1) is 7.58. The number of aromatic nitrogens is 2. The summed E-state index contributed by atoms with van der Waals surface area (Å²) >= 11 is 1.99. The van der Waals surface area contributed by atoms with E-state index in [4.69, 9.17) is 0 Å². The van der Waals surface area contributed by atoms with Crippen LogP contribution in [0.2, 0.25) is 0 Å². The molecule has 1 aromatic rings. The van der Waals surface area contributed by atoms with E-state index < -0.39 is 0 Å². The Balaban J connectivity index is 2.28. The fourth-order valence-electron chi connectivity index (χ4n) is 1.87. The first kappa shape index (κ1) is 12.0. The van der Waals surface area contributed by atoms with E-state index in [9.17, 15) is 4.79 Å². The molecule has 0 aliphatic carbocycles. The Labute approximate surface area is 108 Å². The van der Waals surface area contributed by atoms with Gasteiger partial charge in [0, 0.05) is 25.8 Å². The van der Waals surface area contributed by atoms with Crippen LogP contribution in [-0.4, -0.2) is 53.5 Å². The third-order valence-electron chi connectivity index (χ3n) is 2.94. The summed E-state index contributed by atoms with van der Waals surface area (Å²) in [5.74, 6) is 0.763. The van der Waals surface area contributed by atoms with Gasteiger partial charge in [-0.15, -0.1) is 0 Å². The normalized spacial score (nSPS) is 23.6. The van der Waals surface area contributed by atoms with Crippen molar-refractivity contribution in [3.05, 3.63) is 25.9 Å². The van der Waals surface area contributed by atoms with Crippen LogP contribution in [0.25, 0.3) is 0 Å². The number of halogens is 1. The minimum atomic E-state index is -0.0489. The molecule has 0 amide bonds. The van der Waals surface area contributed by atoms with Gasteiger partial charge in [-0.1, -0.05) is 0 Å². The highest BCUT2D eigenvalue weighted by molar-refractivity contribution is 14.1. The van der Waals surface area contributed by atoms with Crippen LogP contribution >= 0.6 is 22.6 Å².